The molecule has 2 aromatic carbocycles. The van der Waals surface area contributed by atoms with E-state index >= 15 is 0 Å². The van der Waals surface area contributed by atoms with Crippen molar-refractivity contribution in [2.75, 3.05) is 20.3 Å². The fourth-order valence-corrected chi connectivity index (χ4v) is 3.27. The molecule has 1 heterocycles. The van der Waals surface area contributed by atoms with Gasteiger partial charge in [-0.2, -0.15) is 0 Å². The van der Waals surface area contributed by atoms with Gasteiger partial charge in [0.2, 0.25) is 0 Å². The van der Waals surface area contributed by atoms with Gasteiger partial charge in [0, 0.05) is 7.05 Å². The predicted octanol–water partition coefficient (Wildman–Crippen LogP) is 4.03. The van der Waals surface area contributed by atoms with E-state index in [1.54, 1.807) is 20.0 Å². The number of carbonyl (C=O) groups excluding carboxylic acids is 2. The Balaban J connectivity index is 2.03. The van der Waals surface area contributed by atoms with Gasteiger partial charge in [-0.25, -0.2) is 14.0 Å². The Bertz CT molecular complexity index is 1000. The number of ether oxygens (including phenoxy) is 2. The highest BCUT2D eigenvalue weighted by molar-refractivity contribution is 5.95. The zero-order chi connectivity index (χ0) is 21.8. The van der Waals surface area contributed by atoms with E-state index in [1.807, 2.05) is 32.0 Å². The van der Waals surface area contributed by atoms with Gasteiger partial charge in [0.25, 0.3) is 0 Å². The van der Waals surface area contributed by atoms with Crippen LogP contribution in [-0.2, 0) is 9.53 Å². The summed E-state index contributed by atoms with van der Waals surface area (Å²) in [4.78, 5) is 26.7. The van der Waals surface area contributed by atoms with Crippen LogP contribution in [0.4, 0.5) is 9.18 Å². The van der Waals surface area contributed by atoms with E-state index in [0.29, 0.717) is 17.0 Å². The number of nitrogens with one attached hydrogen (secondary N) is 1. The van der Waals surface area contributed by atoms with Crippen LogP contribution in [0.2, 0.25) is 0 Å². The van der Waals surface area contributed by atoms with Crippen LogP contribution in [0.5, 0.6) is 5.75 Å². The molecule has 1 aliphatic rings. The largest absolute Gasteiger partial charge is 0.487 e. The maximum Gasteiger partial charge on any atom is 0.338 e. The number of nitrogens with zero attached hydrogens (tertiary/aromatic N) is 1. The average Bonchev–Trinajstić information content (AvgIpc) is 2.71. The van der Waals surface area contributed by atoms with Crippen LogP contribution in [0.15, 0.2) is 53.7 Å². The van der Waals surface area contributed by atoms with Gasteiger partial charge in [-0.15, -0.1) is 0 Å². The van der Waals surface area contributed by atoms with Crippen LogP contribution < -0.4 is 10.1 Å². The third kappa shape index (κ3) is 4.45. The third-order valence-electron chi connectivity index (χ3n) is 5.11. The number of likely N-dealkylation sites (N-methyl/N-ethyl adjacent to an activating group) is 1. The lowest BCUT2D eigenvalue weighted by molar-refractivity contribution is -0.139. The minimum absolute atomic E-state index is 0.0214. The lowest BCUT2D eigenvalue weighted by atomic mass is 9.94. The summed E-state index contributed by atoms with van der Waals surface area (Å²) in [6.07, 6.45) is 0. The number of aryl methyl sites for hydroxylation is 2. The molecule has 158 valence electrons. The highest BCUT2D eigenvalue weighted by atomic mass is 19.1. The number of carbonyl (C=O) groups is 2. The van der Waals surface area contributed by atoms with E-state index in [-0.39, 0.29) is 18.8 Å². The van der Waals surface area contributed by atoms with Crippen molar-refractivity contribution < 1.29 is 23.5 Å². The molecule has 1 aliphatic heterocycles. The number of urea groups is 1. The zero-order valence-electron chi connectivity index (χ0n) is 17.5. The van der Waals surface area contributed by atoms with Crippen molar-refractivity contribution in [3.8, 4) is 5.75 Å². The quantitative estimate of drug-likeness (QED) is 0.728. The summed E-state index contributed by atoms with van der Waals surface area (Å²) in [5.74, 6) is -0.426. The maximum absolute atomic E-state index is 13.8. The van der Waals surface area contributed by atoms with Crippen LogP contribution in [0.3, 0.4) is 0 Å². The third-order valence-corrected chi connectivity index (χ3v) is 5.11. The van der Waals surface area contributed by atoms with Crippen LogP contribution in [0.1, 0.15) is 29.7 Å². The van der Waals surface area contributed by atoms with E-state index < -0.39 is 23.9 Å². The first-order chi connectivity index (χ1) is 14.3. The molecule has 0 unspecified atom stereocenters. The molecule has 0 saturated heterocycles. The monoisotopic (exact) mass is 412 g/mol. The molecule has 3 rings (SSSR count). The lowest BCUT2D eigenvalue weighted by Crippen LogP contribution is -2.48. The first kappa shape index (κ1) is 21.4. The highest BCUT2D eigenvalue weighted by Gasteiger charge is 2.37. The van der Waals surface area contributed by atoms with E-state index in [4.69, 9.17) is 9.47 Å². The Morgan fingerprint density at radius 1 is 1.17 bits per heavy atom. The molecule has 0 radical (unpaired) electrons. The van der Waals surface area contributed by atoms with Crippen molar-refractivity contribution in [3.63, 3.8) is 0 Å². The Kier molecular flexibility index (Phi) is 6.40. The normalized spacial score (nSPS) is 16.4. The van der Waals surface area contributed by atoms with Gasteiger partial charge in [0.1, 0.15) is 18.2 Å². The van der Waals surface area contributed by atoms with Gasteiger partial charge in [0.05, 0.1) is 23.9 Å². The minimum Gasteiger partial charge on any atom is -0.487 e. The molecule has 0 aliphatic carbocycles. The topological polar surface area (TPSA) is 67.9 Å². The standard InChI is InChI=1S/C23H25FN2O4/c1-5-29-22(27)20-19(13-30-18-10-9-14(2)15(3)11-18)26(4)23(28)25-21(20)16-7-6-8-17(24)12-16/h6-12,21H,5,13H2,1-4H3,(H,25,28)/t21-/m1/s1. The molecule has 0 spiro atoms. The first-order valence-corrected chi connectivity index (χ1v) is 9.71. The second-order valence-electron chi connectivity index (χ2n) is 7.11. The molecule has 2 aromatic rings. The van der Waals surface area contributed by atoms with Crippen molar-refractivity contribution in [2.24, 2.45) is 0 Å². The molecule has 0 fully saturated rings. The summed E-state index contributed by atoms with van der Waals surface area (Å²) in [5.41, 5.74) is 3.23. The SMILES string of the molecule is CCOC(=O)C1=C(COc2ccc(C)c(C)c2)N(C)C(=O)N[C@@H]1c1cccc(F)c1. The van der Waals surface area contributed by atoms with Crippen LogP contribution in [0.25, 0.3) is 0 Å². The van der Waals surface area contributed by atoms with Crippen molar-refractivity contribution in [1.82, 2.24) is 10.2 Å². The van der Waals surface area contributed by atoms with Crippen LogP contribution >= 0.6 is 0 Å². The van der Waals surface area contributed by atoms with E-state index in [2.05, 4.69) is 5.32 Å². The Labute approximate surface area is 175 Å². The van der Waals surface area contributed by atoms with Gasteiger partial charge in [-0.05, 0) is 61.7 Å². The van der Waals surface area contributed by atoms with Gasteiger partial charge in [-0.1, -0.05) is 18.2 Å². The number of amides is 2. The van der Waals surface area contributed by atoms with Crippen molar-refractivity contribution in [1.29, 1.82) is 0 Å². The fourth-order valence-electron chi connectivity index (χ4n) is 3.27. The Hall–Kier alpha value is -3.35. The second-order valence-corrected chi connectivity index (χ2v) is 7.11. The van der Waals surface area contributed by atoms with Gasteiger partial charge in [0.15, 0.2) is 0 Å². The molecule has 2 amide bonds. The second kappa shape index (κ2) is 8.98. The molecule has 7 heteroatoms. The number of hydrogen-bond donors (Lipinski definition) is 1. The molecule has 0 bridgehead atoms. The maximum atomic E-state index is 13.8. The van der Waals surface area contributed by atoms with Crippen molar-refractivity contribution in [2.45, 2.75) is 26.8 Å². The highest BCUT2D eigenvalue weighted by Crippen LogP contribution is 2.31. The minimum atomic E-state index is -0.846. The van der Waals surface area contributed by atoms with Crippen LogP contribution in [-0.4, -0.2) is 37.2 Å². The molecule has 6 nitrogen and oxygen atoms in total. The summed E-state index contributed by atoms with van der Waals surface area (Å²) >= 11 is 0. The lowest BCUT2D eigenvalue weighted by Gasteiger charge is -2.34. The summed E-state index contributed by atoms with van der Waals surface area (Å²) in [5, 5.41) is 2.75. The van der Waals surface area contributed by atoms with Gasteiger partial charge in [-0.3, -0.25) is 4.90 Å². The number of benzene rings is 2. The Morgan fingerprint density at radius 3 is 2.60 bits per heavy atom. The van der Waals surface area contributed by atoms with Gasteiger partial charge >= 0.3 is 12.0 Å². The fraction of sp³-hybridized carbons (Fsp3) is 0.304. The van der Waals surface area contributed by atoms with Gasteiger partial charge < -0.3 is 14.8 Å². The molecular weight excluding hydrogens is 387 g/mol. The first-order valence-electron chi connectivity index (χ1n) is 9.71. The van der Waals surface area contributed by atoms with Crippen LogP contribution in [0, 0.1) is 19.7 Å². The average molecular weight is 412 g/mol. The number of esters is 1. The van der Waals surface area contributed by atoms with E-state index in [9.17, 15) is 14.0 Å². The summed E-state index contributed by atoms with van der Waals surface area (Å²) < 4.78 is 25.0. The predicted molar refractivity (Wildman–Crippen MR) is 111 cm³/mol. The number of halogens is 1. The summed E-state index contributed by atoms with van der Waals surface area (Å²) in [7, 11) is 1.55. The van der Waals surface area contributed by atoms with Crippen molar-refractivity contribution in [3.05, 3.63) is 76.2 Å². The Morgan fingerprint density at radius 2 is 1.93 bits per heavy atom. The number of hydrogen-bond acceptors (Lipinski definition) is 4. The van der Waals surface area contributed by atoms with E-state index in [0.717, 1.165) is 11.1 Å². The molecule has 1 atom stereocenters. The molecule has 0 aromatic heterocycles. The van der Waals surface area contributed by atoms with E-state index in [1.165, 1.54) is 23.1 Å². The summed E-state index contributed by atoms with van der Waals surface area (Å²) in [6, 6.07) is 10.2. The van der Waals surface area contributed by atoms with Crippen molar-refractivity contribution >= 4 is 12.0 Å². The summed E-state index contributed by atoms with van der Waals surface area (Å²) in [6.45, 7) is 5.83. The molecular formula is C23H25FN2O4. The molecule has 0 saturated carbocycles. The zero-order valence-corrected chi connectivity index (χ0v) is 17.5. The smallest absolute Gasteiger partial charge is 0.338 e. The molecule has 30 heavy (non-hydrogen) atoms. The number of rotatable bonds is 6. The molecule has 1 N–H and O–H groups in total.